The van der Waals surface area contributed by atoms with E-state index in [0.29, 0.717) is 28.3 Å². The van der Waals surface area contributed by atoms with Gasteiger partial charge < -0.3 is 24.9 Å². The molecule has 0 spiro atoms. The summed E-state index contributed by atoms with van der Waals surface area (Å²) in [6.07, 6.45) is 0. The molecule has 26 heavy (non-hydrogen) atoms. The molecular formula is C19H19N3O4. The number of nitrogens with two attached hydrogens (primary N) is 1. The molecule has 1 aliphatic rings. The molecule has 0 amide bonds. The van der Waals surface area contributed by atoms with E-state index in [4.69, 9.17) is 15.2 Å². The van der Waals surface area contributed by atoms with E-state index in [1.807, 2.05) is 6.07 Å². The zero-order chi connectivity index (χ0) is 18.8. The first-order valence-corrected chi connectivity index (χ1v) is 8.08. The Morgan fingerprint density at radius 3 is 2.85 bits per heavy atom. The van der Waals surface area contributed by atoms with E-state index in [2.05, 4.69) is 6.07 Å². The summed E-state index contributed by atoms with van der Waals surface area (Å²) in [4.78, 5) is 13.1. The van der Waals surface area contributed by atoms with Crippen LogP contribution in [0.25, 0.3) is 0 Å². The van der Waals surface area contributed by atoms with Gasteiger partial charge in [-0.2, -0.15) is 5.26 Å². The van der Waals surface area contributed by atoms with Gasteiger partial charge >= 0.3 is 0 Å². The third-order valence-corrected chi connectivity index (χ3v) is 4.44. The lowest BCUT2D eigenvalue weighted by molar-refractivity contribution is 0.272. The second-order valence-electron chi connectivity index (χ2n) is 5.95. The number of aliphatic hydroxyl groups excluding tert-OH is 1. The number of aromatic nitrogens is 1. The van der Waals surface area contributed by atoms with Gasteiger partial charge in [-0.15, -0.1) is 0 Å². The Kier molecular flexibility index (Phi) is 4.69. The molecule has 1 atom stereocenters. The molecule has 1 aromatic heterocycles. The standard InChI is InChI=1S/C19H19N3O4/c1-11-8-15-17(19(24)22(11)6-7-23)16(14(10-20)18(21)26-15)12-4-3-5-13(9-12)25-2/h3-5,8-9,16,23H,6-7,21H2,1-2H3. The Hall–Kier alpha value is -3.24. The Labute approximate surface area is 150 Å². The van der Waals surface area contributed by atoms with Crippen LogP contribution < -0.4 is 20.8 Å². The third-order valence-electron chi connectivity index (χ3n) is 4.44. The maximum Gasteiger partial charge on any atom is 0.258 e. The summed E-state index contributed by atoms with van der Waals surface area (Å²) in [5, 5.41) is 18.9. The molecule has 0 aliphatic carbocycles. The fourth-order valence-electron chi connectivity index (χ4n) is 3.22. The number of aliphatic hydroxyl groups is 1. The Bertz CT molecular complexity index is 985. The maximum atomic E-state index is 13.1. The number of ether oxygens (including phenoxy) is 2. The van der Waals surface area contributed by atoms with Crippen molar-refractivity contribution in [2.45, 2.75) is 19.4 Å². The summed E-state index contributed by atoms with van der Waals surface area (Å²) in [6.45, 7) is 1.73. The first kappa shape index (κ1) is 17.6. The molecule has 2 aromatic rings. The van der Waals surface area contributed by atoms with Gasteiger partial charge in [0.05, 0.1) is 25.2 Å². The number of methoxy groups -OCH3 is 1. The molecule has 0 bridgehead atoms. The number of fused-ring (bicyclic) bond motifs is 1. The molecule has 0 saturated carbocycles. The first-order chi connectivity index (χ1) is 12.5. The number of aryl methyl sites for hydroxylation is 1. The van der Waals surface area contributed by atoms with E-state index in [1.165, 1.54) is 4.57 Å². The normalized spacial score (nSPS) is 15.8. The highest BCUT2D eigenvalue weighted by molar-refractivity contribution is 5.56. The quantitative estimate of drug-likeness (QED) is 0.859. The predicted molar refractivity (Wildman–Crippen MR) is 94.8 cm³/mol. The van der Waals surface area contributed by atoms with Gasteiger partial charge in [-0.05, 0) is 24.6 Å². The number of hydrogen-bond donors (Lipinski definition) is 2. The van der Waals surface area contributed by atoms with Crippen molar-refractivity contribution in [3.63, 3.8) is 0 Å². The van der Waals surface area contributed by atoms with Gasteiger partial charge in [0.2, 0.25) is 5.88 Å². The first-order valence-electron chi connectivity index (χ1n) is 8.08. The molecule has 7 nitrogen and oxygen atoms in total. The van der Waals surface area contributed by atoms with Gasteiger partial charge in [0, 0.05) is 18.3 Å². The van der Waals surface area contributed by atoms with Gasteiger partial charge in [-0.25, -0.2) is 0 Å². The van der Waals surface area contributed by atoms with Crippen molar-refractivity contribution < 1.29 is 14.6 Å². The molecule has 3 rings (SSSR count). The lowest BCUT2D eigenvalue weighted by atomic mass is 9.84. The topological polar surface area (TPSA) is 110 Å². The van der Waals surface area contributed by atoms with Crippen LogP contribution in [-0.4, -0.2) is 23.4 Å². The minimum Gasteiger partial charge on any atom is -0.497 e. The molecule has 134 valence electrons. The zero-order valence-corrected chi connectivity index (χ0v) is 14.5. The summed E-state index contributed by atoms with van der Waals surface area (Å²) >= 11 is 0. The summed E-state index contributed by atoms with van der Waals surface area (Å²) in [5.41, 5.74) is 7.47. The third kappa shape index (κ3) is 2.80. The fourth-order valence-corrected chi connectivity index (χ4v) is 3.22. The van der Waals surface area contributed by atoms with Crippen molar-refractivity contribution in [1.29, 1.82) is 5.26 Å². The van der Waals surface area contributed by atoms with Crippen LogP contribution >= 0.6 is 0 Å². The maximum absolute atomic E-state index is 13.1. The van der Waals surface area contributed by atoms with Gasteiger partial charge in [0.1, 0.15) is 23.1 Å². The highest BCUT2D eigenvalue weighted by atomic mass is 16.5. The monoisotopic (exact) mass is 353 g/mol. The number of benzene rings is 1. The van der Waals surface area contributed by atoms with Crippen molar-refractivity contribution in [3.8, 4) is 17.6 Å². The van der Waals surface area contributed by atoms with Gasteiger partial charge in [0.15, 0.2) is 0 Å². The van der Waals surface area contributed by atoms with Gasteiger partial charge in [0.25, 0.3) is 5.56 Å². The number of nitriles is 1. The lowest BCUT2D eigenvalue weighted by Gasteiger charge is -2.27. The summed E-state index contributed by atoms with van der Waals surface area (Å²) < 4.78 is 12.3. The number of rotatable bonds is 4. The molecule has 0 saturated heterocycles. The lowest BCUT2D eigenvalue weighted by Crippen LogP contribution is -2.33. The average Bonchev–Trinajstić information content (AvgIpc) is 2.64. The Morgan fingerprint density at radius 2 is 2.19 bits per heavy atom. The molecule has 1 aromatic carbocycles. The van der Waals surface area contributed by atoms with E-state index < -0.39 is 5.92 Å². The predicted octanol–water partition coefficient (Wildman–Crippen LogP) is 1.38. The molecule has 1 aliphatic heterocycles. The highest BCUT2D eigenvalue weighted by Crippen LogP contribution is 2.41. The largest absolute Gasteiger partial charge is 0.497 e. The minimum absolute atomic E-state index is 0.0217. The molecular weight excluding hydrogens is 334 g/mol. The summed E-state index contributed by atoms with van der Waals surface area (Å²) in [7, 11) is 1.55. The van der Waals surface area contributed by atoms with Gasteiger partial charge in [-0.3, -0.25) is 4.79 Å². The minimum atomic E-state index is -0.670. The Morgan fingerprint density at radius 1 is 1.42 bits per heavy atom. The van der Waals surface area contributed by atoms with Crippen LogP contribution in [-0.2, 0) is 6.54 Å². The van der Waals surface area contributed by atoms with Crippen LogP contribution in [0.3, 0.4) is 0 Å². The van der Waals surface area contributed by atoms with Crippen LogP contribution in [0, 0.1) is 18.3 Å². The van der Waals surface area contributed by atoms with Crippen LogP contribution in [0.15, 0.2) is 46.6 Å². The number of hydrogen-bond acceptors (Lipinski definition) is 6. The zero-order valence-electron chi connectivity index (χ0n) is 14.5. The van der Waals surface area contributed by atoms with Gasteiger partial charge in [-0.1, -0.05) is 12.1 Å². The molecule has 1 unspecified atom stereocenters. The second-order valence-corrected chi connectivity index (χ2v) is 5.95. The van der Waals surface area contributed by atoms with Crippen LogP contribution in [0.5, 0.6) is 11.5 Å². The number of allylic oxidation sites excluding steroid dienone is 1. The van der Waals surface area contributed by atoms with Crippen molar-refractivity contribution in [3.05, 3.63) is 69.0 Å². The summed E-state index contributed by atoms with van der Waals surface area (Å²) in [5.74, 6) is 0.239. The molecule has 0 fully saturated rings. The van der Waals surface area contributed by atoms with Crippen LogP contribution in [0.2, 0.25) is 0 Å². The fraction of sp³-hybridized carbons (Fsp3) is 0.263. The van der Waals surface area contributed by atoms with E-state index >= 15 is 0 Å². The van der Waals surface area contributed by atoms with Crippen LogP contribution in [0.4, 0.5) is 0 Å². The summed E-state index contributed by atoms with van der Waals surface area (Å²) in [6, 6.07) is 10.9. The average molecular weight is 353 g/mol. The number of pyridine rings is 1. The van der Waals surface area contributed by atoms with Crippen molar-refractivity contribution in [2.24, 2.45) is 5.73 Å². The van der Waals surface area contributed by atoms with E-state index in [9.17, 15) is 15.2 Å². The molecule has 0 radical (unpaired) electrons. The van der Waals surface area contributed by atoms with Crippen molar-refractivity contribution >= 4 is 0 Å². The SMILES string of the molecule is COc1cccc(C2C(C#N)=C(N)Oc3cc(C)n(CCO)c(=O)c32)c1. The smallest absolute Gasteiger partial charge is 0.258 e. The van der Waals surface area contributed by atoms with E-state index in [1.54, 1.807) is 38.3 Å². The van der Waals surface area contributed by atoms with Crippen molar-refractivity contribution in [2.75, 3.05) is 13.7 Å². The van der Waals surface area contributed by atoms with E-state index in [-0.39, 0.29) is 30.2 Å². The highest BCUT2D eigenvalue weighted by Gasteiger charge is 2.34. The van der Waals surface area contributed by atoms with E-state index in [0.717, 1.165) is 0 Å². The second kappa shape index (κ2) is 6.94. The van der Waals surface area contributed by atoms with Crippen LogP contribution in [0.1, 0.15) is 22.7 Å². The molecule has 7 heteroatoms. The molecule has 2 heterocycles. The Balaban J connectivity index is 2.31. The van der Waals surface area contributed by atoms with Crippen molar-refractivity contribution in [1.82, 2.24) is 4.57 Å². The molecule has 3 N–H and O–H groups in total. The number of nitrogens with zero attached hydrogens (tertiary/aromatic N) is 2.